The molecule has 4 rings (SSSR count). The van der Waals surface area contributed by atoms with Crippen molar-refractivity contribution in [2.24, 2.45) is 17.8 Å². The number of nitrogens with one attached hydrogen (secondary N) is 1. The van der Waals surface area contributed by atoms with Crippen LogP contribution in [0.15, 0.2) is 29.2 Å². The SMILES string of the molecule is CC1CN(S(=O)(=O)c2cccc(C(=O)NCCC3CC4CCC3C4)c2)CC(C)O1. The normalized spacial score (nSPS) is 32.4. The first kappa shape index (κ1) is 20.8. The number of morpholine rings is 1. The molecule has 6 nitrogen and oxygen atoms in total. The zero-order chi connectivity index (χ0) is 20.6. The summed E-state index contributed by atoms with van der Waals surface area (Å²) in [6, 6.07) is 6.38. The number of carbonyl (C=O) groups excluding carboxylic acids is 1. The number of benzene rings is 1. The first-order chi connectivity index (χ1) is 13.8. The van der Waals surface area contributed by atoms with E-state index in [4.69, 9.17) is 4.74 Å². The van der Waals surface area contributed by atoms with Gasteiger partial charge in [0, 0.05) is 25.2 Å². The van der Waals surface area contributed by atoms with Gasteiger partial charge in [-0.3, -0.25) is 4.79 Å². The average Bonchev–Trinajstić information content (AvgIpc) is 3.30. The van der Waals surface area contributed by atoms with Crippen LogP contribution < -0.4 is 5.32 Å². The van der Waals surface area contributed by atoms with Crippen molar-refractivity contribution in [3.05, 3.63) is 29.8 Å². The van der Waals surface area contributed by atoms with E-state index >= 15 is 0 Å². The van der Waals surface area contributed by atoms with Crippen LogP contribution >= 0.6 is 0 Å². The number of carbonyl (C=O) groups is 1. The molecular weight excluding hydrogens is 388 g/mol. The maximum Gasteiger partial charge on any atom is 0.251 e. The summed E-state index contributed by atoms with van der Waals surface area (Å²) < 4.78 is 33.2. The molecule has 7 heteroatoms. The number of sulfonamides is 1. The Kier molecular flexibility index (Phi) is 6.00. The van der Waals surface area contributed by atoms with E-state index in [1.54, 1.807) is 18.2 Å². The van der Waals surface area contributed by atoms with Crippen LogP contribution in [-0.4, -0.2) is 50.5 Å². The van der Waals surface area contributed by atoms with Crippen LogP contribution in [0.5, 0.6) is 0 Å². The second kappa shape index (κ2) is 8.36. The summed E-state index contributed by atoms with van der Waals surface area (Å²) in [6.45, 7) is 5.05. The number of hydrogen-bond acceptors (Lipinski definition) is 4. The third kappa shape index (κ3) is 4.52. The zero-order valence-electron chi connectivity index (χ0n) is 17.3. The molecule has 29 heavy (non-hydrogen) atoms. The second-order valence-electron chi connectivity index (χ2n) is 9.09. The molecule has 1 aromatic rings. The third-order valence-corrected chi connectivity index (χ3v) is 8.63. The maximum atomic E-state index is 13.1. The average molecular weight is 421 g/mol. The van der Waals surface area contributed by atoms with Crippen LogP contribution in [0.3, 0.4) is 0 Å². The van der Waals surface area contributed by atoms with E-state index < -0.39 is 10.0 Å². The summed E-state index contributed by atoms with van der Waals surface area (Å²) in [5, 5.41) is 2.99. The molecule has 1 aromatic carbocycles. The molecule has 1 amide bonds. The van der Waals surface area contributed by atoms with Gasteiger partial charge in [0.05, 0.1) is 17.1 Å². The van der Waals surface area contributed by atoms with Gasteiger partial charge in [0.15, 0.2) is 0 Å². The van der Waals surface area contributed by atoms with E-state index in [9.17, 15) is 13.2 Å². The van der Waals surface area contributed by atoms with E-state index in [1.165, 1.54) is 36.1 Å². The van der Waals surface area contributed by atoms with Crippen LogP contribution in [-0.2, 0) is 14.8 Å². The Balaban J connectivity index is 1.38. The Morgan fingerprint density at radius 3 is 2.59 bits per heavy atom. The first-order valence-corrected chi connectivity index (χ1v) is 12.3. The monoisotopic (exact) mass is 420 g/mol. The van der Waals surface area contributed by atoms with Gasteiger partial charge in [-0.05, 0) is 75.5 Å². The summed E-state index contributed by atoms with van der Waals surface area (Å²) in [7, 11) is -3.65. The van der Waals surface area contributed by atoms with Crippen molar-refractivity contribution in [3.8, 4) is 0 Å². The molecule has 5 unspecified atom stereocenters. The molecule has 1 N–H and O–H groups in total. The largest absolute Gasteiger partial charge is 0.373 e. The fraction of sp³-hybridized carbons (Fsp3) is 0.682. The van der Waals surface area contributed by atoms with E-state index in [0.717, 1.165) is 24.2 Å². The number of nitrogens with zero attached hydrogens (tertiary/aromatic N) is 1. The van der Waals surface area contributed by atoms with Crippen LogP contribution in [0.1, 0.15) is 56.3 Å². The molecule has 0 aromatic heterocycles. The fourth-order valence-electron chi connectivity index (χ4n) is 5.48. The van der Waals surface area contributed by atoms with E-state index in [2.05, 4.69) is 5.32 Å². The molecule has 0 radical (unpaired) electrons. The molecule has 3 fully saturated rings. The number of hydrogen-bond donors (Lipinski definition) is 1. The minimum Gasteiger partial charge on any atom is -0.373 e. The lowest BCUT2D eigenvalue weighted by molar-refractivity contribution is -0.0440. The molecule has 2 saturated carbocycles. The highest BCUT2D eigenvalue weighted by Crippen LogP contribution is 2.49. The van der Waals surface area contributed by atoms with Crippen LogP contribution in [0.4, 0.5) is 0 Å². The number of fused-ring (bicyclic) bond motifs is 2. The van der Waals surface area contributed by atoms with Gasteiger partial charge < -0.3 is 10.1 Å². The smallest absolute Gasteiger partial charge is 0.251 e. The Morgan fingerprint density at radius 2 is 1.93 bits per heavy atom. The second-order valence-corrected chi connectivity index (χ2v) is 11.0. The molecule has 160 valence electrons. The highest BCUT2D eigenvalue weighted by atomic mass is 32.2. The lowest BCUT2D eigenvalue weighted by atomic mass is 9.86. The Hall–Kier alpha value is -1.44. The Morgan fingerprint density at radius 1 is 1.17 bits per heavy atom. The van der Waals surface area contributed by atoms with Gasteiger partial charge >= 0.3 is 0 Å². The highest BCUT2D eigenvalue weighted by molar-refractivity contribution is 7.89. The fourth-order valence-corrected chi connectivity index (χ4v) is 7.11. The minimum absolute atomic E-state index is 0.147. The number of rotatable bonds is 6. The van der Waals surface area contributed by atoms with Crippen molar-refractivity contribution in [2.75, 3.05) is 19.6 Å². The molecule has 5 atom stereocenters. The van der Waals surface area contributed by atoms with Gasteiger partial charge in [0.25, 0.3) is 5.91 Å². The van der Waals surface area contributed by atoms with E-state index in [0.29, 0.717) is 25.2 Å². The van der Waals surface area contributed by atoms with Gasteiger partial charge in [-0.25, -0.2) is 8.42 Å². The molecule has 1 heterocycles. The molecule has 2 aliphatic carbocycles. The first-order valence-electron chi connectivity index (χ1n) is 10.9. The summed E-state index contributed by atoms with van der Waals surface area (Å²) in [5.74, 6) is 2.30. The van der Waals surface area contributed by atoms with Gasteiger partial charge in [-0.15, -0.1) is 0 Å². The summed E-state index contributed by atoms with van der Waals surface area (Å²) in [5.41, 5.74) is 0.397. The molecule has 2 bridgehead atoms. The minimum atomic E-state index is -3.65. The maximum absolute atomic E-state index is 13.1. The number of ether oxygens (including phenoxy) is 1. The van der Waals surface area contributed by atoms with Gasteiger partial charge in [0.2, 0.25) is 10.0 Å². The van der Waals surface area contributed by atoms with Crippen molar-refractivity contribution >= 4 is 15.9 Å². The van der Waals surface area contributed by atoms with Crippen molar-refractivity contribution in [1.29, 1.82) is 0 Å². The number of amides is 1. The lowest BCUT2D eigenvalue weighted by Crippen LogP contribution is -2.48. The molecule has 1 aliphatic heterocycles. The van der Waals surface area contributed by atoms with Crippen LogP contribution in [0.2, 0.25) is 0 Å². The molecule has 1 saturated heterocycles. The van der Waals surface area contributed by atoms with Crippen molar-refractivity contribution < 1.29 is 17.9 Å². The summed E-state index contributed by atoms with van der Waals surface area (Å²) >= 11 is 0. The van der Waals surface area contributed by atoms with Gasteiger partial charge in [-0.1, -0.05) is 12.5 Å². The molecule has 0 spiro atoms. The lowest BCUT2D eigenvalue weighted by Gasteiger charge is -2.34. The third-order valence-electron chi connectivity index (χ3n) is 6.81. The molecule has 3 aliphatic rings. The van der Waals surface area contributed by atoms with Crippen molar-refractivity contribution in [1.82, 2.24) is 9.62 Å². The predicted molar refractivity (Wildman–Crippen MR) is 111 cm³/mol. The van der Waals surface area contributed by atoms with E-state index in [1.807, 2.05) is 13.8 Å². The zero-order valence-corrected chi connectivity index (χ0v) is 18.2. The summed E-state index contributed by atoms with van der Waals surface area (Å²) in [4.78, 5) is 12.8. The predicted octanol–water partition coefficient (Wildman–Crippen LogP) is 3.04. The topological polar surface area (TPSA) is 75.7 Å². The summed E-state index contributed by atoms with van der Waals surface area (Å²) in [6.07, 6.45) is 6.14. The standard InChI is InChI=1S/C22H32N2O4S/c1-15-13-24(14-16(2)28-15)29(26,27)21-5-3-4-20(12-21)22(25)23-9-8-19-11-17-6-7-18(19)10-17/h3-5,12,15-19H,6-11,13-14H2,1-2H3,(H,23,25). The van der Waals surface area contributed by atoms with Gasteiger partial charge in [-0.2, -0.15) is 4.31 Å². The van der Waals surface area contributed by atoms with Crippen molar-refractivity contribution in [3.63, 3.8) is 0 Å². The Bertz CT molecular complexity index is 846. The highest BCUT2D eigenvalue weighted by Gasteiger charge is 2.39. The molecular formula is C22H32N2O4S. The van der Waals surface area contributed by atoms with Gasteiger partial charge in [0.1, 0.15) is 0 Å². The van der Waals surface area contributed by atoms with Crippen molar-refractivity contribution in [2.45, 2.75) is 63.1 Å². The van der Waals surface area contributed by atoms with Crippen LogP contribution in [0.25, 0.3) is 0 Å². The Labute approximate surface area is 174 Å². The van der Waals surface area contributed by atoms with E-state index in [-0.39, 0.29) is 23.0 Å². The quantitative estimate of drug-likeness (QED) is 0.768. The van der Waals surface area contributed by atoms with Crippen LogP contribution in [0, 0.1) is 17.8 Å².